The second-order valence-electron chi connectivity index (χ2n) is 4.13. The molecule has 3 unspecified atom stereocenters. The average molecular weight is 298 g/mol. The van der Waals surface area contributed by atoms with Crippen LogP contribution in [0, 0.1) is 0 Å². The predicted molar refractivity (Wildman–Crippen MR) is 57.1 cm³/mol. The molecule has 0 amide bonds. The first-order chi connectivity index (χ1) is 7.90. The predicted octanol–water partition coefficient (Wildman–Crippen LogP) is 3.78. The summed E-state index contributed by atoms with van der Waals surface area (Å²) in [6, 6.07) is 0. The molecule has 0 aromatic carbocycles. The molecule has 0 N–H and O–H groups in total. The molecule has 1 heterocycles. The van der Waals surface area contributed by atoms with E-state index in [9.17, 15) is 24.2 Å². The number of carbonyl (C=O) groups is 1. The molecule has 0 aromatic heterocycles. The molecule has 110 valence electrons. The van der Waals surface area contributed by atoms with Crippen molar-refractivity contribution in [1.29, 1.82) is 0 Å². The Morgan fingerprint density at radius 3 is 2.22 bits per heavy atom. The largest absolute Gasteiger partial charge is 0.464 e. The number of carbonyl (C=O) groups excluding carboxylic acids is 1. The molecule has 3 atom stereocenters. The zero-order valence-corrected chi connectivity index (χ0v) is 10.7. The highest BCUT2D eigenvalue weighted by molar-refractivity contribution is 8.46. The maximum absolute atomic E-state index is 12.7. The summed E-state index contributed by atoms with van der Waals surface area (Å²) in [6.45, 7) is 2.78. The van der Waals surface area contributed by atoms with Crippen molar-refractivity contribution in [3.05, 3.63) is 0 Å². The highest BCUT2D eigenvalue weighted by Crippen LogP contribution is 3.01. The molecule has 1 saturated heterocycles. The first-order valence-corrected chi connectivity index (χ1v) is 7.47. The number of ether oxygens (including phenoxy) is 2. The van der Waals surface area contributed by atoms with Crippen LogP contribution < -0.4 is 0 Å². The third-order valence-corrected chi connectivity index (χ3v) is 4.20. The number of esters is 1. The Balaban J connectivity index is 2.83. The molecule has 0 saturated carbocycles. The van der Waals surface area contributed by atoms with E-state index < -0.39 is 40.1 Å². The van der Waals surface area contributed by atoms with Gasteiger partial charge in [0, 0.05) is 0 Å². The van der Waals surface area contributed by atoms with Crippen LogP contribution in [0.25, 0.3) is 0 Å². The van der Waals surface area contributed by atoms with Gasteiger partial charge in [-0.15, -0.1) is 0 Å². The minimum atomic E-state index is -9.66. The number of halogens is 5. The van der Waals surface area contributed by atoms with Gasteiger partial charge in [-0.1, -0.05) is 32.8 Å². The van der Waals surface area contributed by atoms with E-state index in [1.54, 1.807) is 0 Å². The summed E-state index contributed by atoms with van der Waals surface area (Å²) < 4.78 is 72.6. The van der Waals surface area contributed by atoms with Gasteiger partial charge in [0.05, 0.1) is 6.61 Å². The Hall–Kier alpha value is -0.570. The van der Waals surface area contributed by atoms with Gasteiger partial charge in [-0.2, -0.15) is 0 Å². The minimum absolute atomic E-state index is 0.0414. The molecular formula is C9H15F5O3S. The Bertz CT molecular complexity index is 340. The van der Waals surface area contributed by atoms with Crippen LogP contribution >= 0.6 is 10.2 Å². The number of hydrogen-bond acceptors (Lipinski definition) is 3. The molecule has 1 aliphatic rings. The molecule has 1 rings (SSSR count). The minimum Gasteiger partial charge on any atom is -0.464 e. The van der Waals surface area contributed by atoms with E-state index in [0.717, 1.165) is 0 Å². The van der Waals surface area contributed by atoms with Gasteiger partial charge in [0.2, 0.25) is 0 Å². The number of epoxide rings is 1. The van der Waals surface area contributed by atoms with Crippen molar-refractivity contribution >= 4 is 16.2 Å². The van der Waals surface area contributed by atoms with Gasteiger partial charge < -0.3 is 9.47 Å². The molecule has 1 fully saturated rings. The third-order valence-electron chi connectivity index (χ3n) is 2.56. The van der Waals surface area contributed by atoms with Crippen molar-refractivity contribution < 1.29 is 33.7 Å². The monoisotopic (exact) mass is 298 g/mol. The normalized spacial score (nSPS) is 29.1. The maximum Gasteiger partial charge on any atom is 0.338 e. The van der Waals surface area contributed by atoms with Crippen LogP contribution in [0.15, 0.2) is 0 Å². The van der Waals surface area contributed by atoms with Crippen LogP contribution in [-0.4, -0.2) is 30.0 Å². The molecule has 0 spiro atoms. The van der Waals surface area contributed by atoms with Gasteiger partial charge in [0.15, 0.2) is 6.10 Å². The standard InChI is InChI=1S/C9H15F5O3S/c1-3-5-6(18(10,11,12,13)14)7-8(17-7)9(15)16-4-2/h6-8H,3-5H2,1-2H3. The molecule has 18 heavy (non-hydrogen) atoms. The van der Waals surface area contributed by atoms with Crippen molar-refractivity contribution in [2.75, 3.05) is 6.61 Å². The molecular weight excluding hydrogens is 283 g/mol. The van der Waals surface area contributed by atoms with Gasteiger partial charge in [0.25, 0.3) is 10.2 Å². The lowest BCUT2D eigenvalue weighted by Gasteiger charge is -2.46. The van der Waals surface area contributed by atoms with E-state index in [4.69, 9.17) is 0 Å². The lowest BCUT2D eigenvalue weighted by atomic mass is 10.1. The molecule has 1 aliphatic heterocycles. The number of rotatable bonds is 6. The zero-order chi connectivity index (χ0) is 14.3. The van der Waals surface area contributed by atoms with E-state index in [-0.39, 0.29) is 13.0 Å². The summed E-state index contributed by atoms with van der Waals surface area (Å²) in [5.74, 6) is -1.02. The zero-order valence-electron chi connectivity index (χ0n) is 9.88. The third kappa shape index (κ3) is 3.71. The fourth-order valence-corrected chi connectivity index (χ4v) is 3.14. The van der Waals surface area contributed by atoms with Crippen LogP contribution in [-0.2, 0) is 14.3 Å². The van der Waals surface area contributed by atoms with E-state index in [1.165, 1.54) is 13.8 Å². The van der Waals surface area contributed by atoms with Crippen molar-refractivity contribution in [2.24, 2.45) is 0 Å². The van der Waals surface area contributed by atoms with Gasteiger partial charge >= 0.3 is 5.97 Å². The van der Waals surface area contributed by atoms with E-state index in [2.05, 4.69) is 9.47 Å². The second-order valence-corrected chi connectivity index (χ2v) is 6.79. The highest BCUT2D eigenvalue weighted by atomic mass is 32.5. The Morgan fingerprint density at radius 1 is 1.28 bits per heavy atom. The molecule has 0 radical (unpaired) electrons. The summed E-state index contributed by atoms with van der Waals surface area (Å²) >= 11 is 0. The second kappa shape index (κ2) is 3.96. The molecule has 0 aliphatic carbocycles. The Kier molecular flexibility index (Phi) is 3.41. The summed E-state index contributed by atoms with van der Waals surface area (Å²) in [5, 5.41) is -2.88. The highest BCUT2D eigenvalue weighted by Gasteiger charge is 2.76. The lowest BCUT2D eigenvalue weighted by Crippen LogP contribution is -2.33. The Morgan fingerprint density at radius 2 is 1.83 bits per heavy atom. The fraction of sp³-hybridized carbons (Fsp3) is 0.889. The molecule has 3 nitrogen and oxygen atoms in total. The van der Waals surface area contributed by atoms with Gasteiger partial charge in [0.1, 0.15) is 11.4 Å². The van der Waals surface area contributed by atoms with Gasteiger partial charge in [-0.05, 0) is 13.3 Å². The van der Waals surface area contributed by atoms with Crippen molar-refractivity contribution in [2.45, 2.75) is 44.1 Å². The summed E-state index contributed by atoms with van der Waals surface area (Å²) in [4.78, 5) is 11.1. The average Bonchev–Trinajstić information content (AvgIpc) is 2.89. The molecule has 0 aromatic rings. The van der Waals surface area contributed by atoms with Crippen LogP contribution in [0.3, 0.4) is 0 Å². The van der Waals surface area contributed by atoms with Crippen molar-refractivity contribution in [1.82, 2.24) is 0 Å². The summed E-state index contributed by atoms with van der Waals surface area (Å²) in [5.41, 5.74) is 0. The lowest BCUT2D eigenvalue weighted by molar-refractivity contribution is -0.144. The summed E-state index contributed by atoms with van der Waals surface area (Å²) in [6.07, 6.45) is -4.18. The summed E-state index contributed by atoms with van der Waals surface area (Å²) in [7, 11) is -9.66. The van der Waals surface area contributed by atoms with Gasteiger partial charge in [-0.25, -0.2) is 4.79 Å². The van der Waals surface area contributed by atoms with Crippen LogP contribution in [0.5, 0.6) is 0 Å². The number of hydrogen-bond donors (Lipinski definition) is 0. The molecule has 0 bridgehead atoms. The molecule has 9 heteroatoms. The van der Waals surface area contributed by atoms with E-state index in [0.29, 0.717) is 0 Å². The SMILES string of the molecule is CCCC(C1OC1C(=O)OCC)S(F)(F)(F)(F)F. The van der Waals surface area contributed by atoms with Crippen LogP contribution in [0.1, 0.15) is 26.7 Å². The van der Waals surface area contributed by atoms with Crippen molar-refractivity contribution in [3.8, 4) is 0 Å². The fourth-order valence-electron chi connectivity index (χ4n) is 1.75. The first-order valence-electron chi connectivity index (χ1n) is 5.45. The first kappa shape index (κ1) is 15.5. The van der Waals surface area contributed by atoms with Crippen LogP contribution in [0.4, 0.5) is 19.4 Å². The van der Waals surface area contributed by atoms with E-state index >= 15 is 0 Å². The Labute approximate surface area is 101 Å². The van der Waals surface area contributed by atoms with Crippen molar-refractivity contribution in [3.63, 3.8) is 0 Å². The van der Waals surface area contributed by atoms with Crippen LogP contribution in [0.2, 0.25) is 0 Å². The topological polar surface area (TPSA) is 38.8 Å². The maximum atomic E-state index is 12.7. The van der Waals surface area contributed by atoms with Gasteiger partial charge in [-0.3, -0.25) is 0 Å². The quantitative estimate of drug-likeness (QED) is 0.425. The smallest absolute Gasteiger partial charge is 0.338 e. The van der Waals surface area contributed by atoms with E-state index in [1.807, 2.05) is 0 Å².